The summed E-state index contributed by atoms with van der Waals surface area (Å²) < 4.78 is 35.7. The molecule has 1 radical (unpaired) electrons. The van der Waals surface area contributed by atoms with Crippen molar-refractivity contribution >= 4 is 11.8 Å². The average molecular weight is 221 g/mol. The van der Waals surface area contributed by atoms with E-state index in [4.69, 9.17) is 5.11 Å². The molecular weight excluding hydrogens is 213 g/mol. The molecule has 0 bridgehead atoms. The monoisotopic (exact) mass is 221 g/mol. The normalized spacial score (nSPS) is 14.1. The zero-order valence-corrected chi connectivity index (χ0v) is 7.90. The van der Waals surface area contributed by atoms with E-state index in [0.717, 1.165) is 0 Å². The maximum absolute atomic E-state index is 11.9. The van der Waals surface area contributed by atoms with E-state index in [1.807, 2.05) is 0 Å². The van der Waals surface area contributed by atoms with Gasteiger partial charge in [-0.1, -0.05) is 12.1 Å². The number of benzene rings is 1. The van der Waals surface area contributed by atoms with Crippen LogP contribution >= 0.6 is 11.8 Å². The Morgan fingerprint density at radius 2 is 1.71 bits per heavy atom. The summed E-state index contributed by atoms with van der Waals surface area (Å²) in [5.74, 6) is 0. The molecule has 0 aliphatic rings. The summed E-state index contributed by atoms with van der Waals surface area (Å²) in [7, 11) is 0. The third kappa shape index (κ3) is 3.59. The molecule has 0 aliphatic heterocycles. The molecule has 1 unspecified atom stereocenters. The highest BCUT2D eigenvalue weighted by molar-refractivity contribution is 8.00. The maximum Gasteiger partial charge on any atom is 0.446 e. The first kappa shape index (κ1) is 11.4. The van der Waals surface area contributed by atoms with Crippen molar-refractivity contribution in [3.8, 4) is 0 Å². The summed E-state index contributed by atoms with van der Waals surface area (Å²) in [5.41, 5.74) is -3.78. The Bertz CT molecular complexity index is 292. The van der Waals surface area contributed by atoms with Gasteiger partial charge in [-0.25, -0.2) is 0 Å². The third-order valence-electron chi connectivity index (χ3n) is 1.50. The Labute approximate surface area is 83.9 Å². The summed E-state index contributed by atoms with van der Waals surface area (Å²) in [6.45, 7) is 3.34. The van der Waals surface area contributed by atoms with Gasteiger partial charge in [0.25, 0.3) is 0 Å². The van der Waals surface area contributed by atoms with E-state index in [1.54, 1.807) is 0 Å². The molecule has 0 saturated carbocycles. The molecule has 0 aromatic heterocycles. The summed E-state index contributed by atoms with van der Waals surface area (Å²) in [4.78, 5) is 0.0990. The molecule has 0 aliphatic carbocycles. The summed E-state index contributed by atoms with van der Waals surface area (Å²) in [6, 6.07) is 5.46. The smallest absolute Gasteiger partial charge is 0.388 e. The van der Waals surface area contributed by atoms with Crippen LogP contribution in [0, 0.1) is 6.92 Å². The van der Waals surface area contributed by atoms with Gasteiger partial charge < -0.3 is 5.11 Å². The standard InChI is InChI=1S/C9H8F3OS/c1-6(13)7-2-4-8(5-3-7)14-9(10,11)12/h2-6,13H,1H2. The molecule has 0 saturated heterocycles. The van der Waals surface area contributed by atoms with Crippen LogP contribution < -0.4 is 0 Å². The Morgan fingerprint density at radius 3 is 2.07 bits per heavy atom. The Morgan fingerprint density at radius 1 is 1.21 bits per heavy atom. The minimum absolute atomic E-state index is 0.0990. The number of halogens is 3. The van der Waals surface area contributed by atoms with E-state index in [0.29, 0.717) is 5.56 Å². The van der Waals surface area contributed by atoms with Crippen LogP contribution in [-0.4, -0.2) is 10.6 Å². The molecule has 1 aromatic carbocycles. The lowest BCUT2D eigenvalue weighted by Gasteiger charge is -2.07. The number of rotatable bonds is 2. The Kier molecular flexibility index (Phi) is 3.44. The Balaban J connectivity index is 2.74. The zero-order chi connectivity index (χ0) is 10.8. The van der Waals surface area contributed by atoms with Gasteiger partial charge in [0.2, 0.25) is 0 Å². The molecule has 0 heterocycles. The number of hydrogen-bond acceptors (Lipinski definition) is 2. The molecule has 5 heteroatoms. The van der Waals surface area contributed by atoms with Crippen molar-refractivity contribution in [2.75, 3.05) is 0 Å². The molecule has 14 heavy (non-hydrogen) atoms. The second-order valence-corrected chi connectivity index (χ2v) is 3.77. The predicted octanol–water partition coefficient (Wildman–Crippen LogP) is 3.17. The first-order chi connectivity index (χ1) is 6.38. The fraction of sp³-hybridized carbons (Fsp3) is 0.222. The molecule has 1 rings (SSSR count). The second-order valence-electron chi connectivity index (χ2n) is 2.63. The van der Waals surface area contributed by atoms with Gasteiger partial charge in [-0.15, -0.1) is 0 Å². The molecule has 1 aromatic rings. The SMILES string of the molecule is [CH2]C(O)c1ccc(SC(F)(F)F)cc1. The van der Waals surface area contributed by atoms with Crippen LogP contribution in [0.3, 0.4) is 0 Å². The van der Waals surface area contributed by atoms with Gasteiger partial charge in [0.1, 0.15) is 0 Å². The first-order valence-corrected chi connectivity index (χ1v) is 4.57. The number of aliphatic hydroxyl groups is 1. The van der Waals surface area contributed by atoms with Gasteiger partial charge >= 0.3 is 5.51 Å². The summed E-state index contributed by atoms with van der Waals surface area (Å²) in [5, 5.41) is 9.01. The van der Waals surface area contributed by atoms with Crippen LogP contribution in [0.2, 0.25) is 0 Å². The molecule has 1 N–H and O–H groups in total. The van der Waals surface area contributed by atoms with Crippen molar-refractivity contribution in [3.05, 3.63) is 36.8 Å². The summed E-state index contributed by atoms with van der Waals surface area (Å²) >= 11 is -0.181. The average Bonchev–Trinajstić information content (AvgIpc) is 2.02. The van der Waals surface area contributed by atoms with Gasteiger partial charge in [-0.05, 0) is 36.4 Å². The van der Waals surface area contributed by atoms with Crippen LogP contribution in [0.25, 0.3) is 0 Å². The lowest BCUT2D eigenvalue weighted by Crippen LogP contribution is -1.99. The lowest BCUT2D eigenvalue weighted by molar-refractivity contribution is -0.0328. The number of alkyl halides is 3. The number of aliphatic hydroxyl groups excluding tert-OH is 1. The van der Waals surface area contributed by atoms with Crippen molar-refractivity contribution in [2.45, 2.75) is 16.5 Å². The van der Waals surface area contributed by atoms with Crippen molar-refractivity contribution in [1.29, 1.82) is 0 Å². The fourth-order valence-corrected chi connectivity index (χ4v) is 1.43. The van der Waals surface area contributed by atoms with Crippen molar-refractivity contribution in [3.63, 3.8) is 0 Å². The van der Waals surface area contributed by atoms with Gasteiger partial charge in [-0.3, -0.25) is 0 Å². The number of thioether (sulfide) groups is 1. The van der Waals surface area contributed by atoms with Crippen LogP contribution in [0.4, 0.5) is 13.2 Å². The van der Waals surface area contributed by atoms with Crippen LogP contribution in [0.15, 0.2) is 29.2 Å². The van der Waals surface area contributed by atoms with E-state index < -0.39 is 11.6 Å². The molecule has 0 spiro atoms. The Hall–Kier alpha value is -0.680. The fourth-order valence-electron chi connectivity index (χ4n) is 0.892. The van der Waals surface area contributed by atoms with E-state index in [2.05, 4.69) is 6.92 Å². The van der Waals surface area contributed by atoms with Crippen LogP contribution in [0.5, 0.6) is 0 Å². The van der Waals surface area contributed by atoms with Crippen molar-refractivity contribution in [1.82, 2.24) is 0 Å². The molecule has 0 amide bonds. The number of hydrogen-bond donors (Lipinski definition) is 1. The summed E-state index contributed by atoms with van der Waals surface area (Å²) in [6.07, 6.45) is -0.903. The van der Waals surface area contributed by atoms with E-state index in [-0.39, 0.29) is 16.7 Å². The van der Waals surface area contributed by atoms with Gasteiger partial charge in [0.05, 0.1) is 6.10 Å². The largest absolute Gasteiger partial charge is 0.446 e. The van der Waals surface area contributed by atoms with Gasteiger partial charge in [0.15, 0.2) is 0 Å². The highest BCUT2D eigenvalue weighted by Crippen LogP contribution is 2.36. The molecule has 1 nitrogen and oxygen atoms in total. The second kappa shape index (κ2) is 4.23. The van der Waals surface area contributed by atoms with Gasteiger partial charge in [-0.2, -0.15) is 13.2 Å². The lowest BCUT2D eigenvalue weighted by atomic mass is 10.1. The third-order valence-corrected chi connectivity index (χ3v) is 2.24. The molecule has 77 valence electrons. The molecule has 0 fully saturated rings. The van der Waals surface area contributed by atoms with Crippen molar-refractivity contribution < 1.29 is 18.3 Å². The van der Waals surface area contributed by atoms with Crippen LogP contribution in [0.1, 0.15) is 11.7 Å². The van der Waals surface area contributed by atoms with Crippen LogP contribution in [-0.2, 0) is 0 Å². The minimum atomic E-state index is -4.27. The van der Waals surface area contributed by atoms with Crippen molar-refractivity contribution in [2.24, 2.45) is 0 Å². The molecular formula is C9H8F3OS. The van der Waals surface area contributed by atoms with E-state index in [9.17, 15) is 13.2 Å². The first-order valence-electron chi connectivity index (χ1n) is 3.75. The topological polar surface area (TPSA) is 20.2 Å². The maximum atomic E-state index is 11.9. The van der Waals surface area contributed by atoms with E-state index >= 15 is 0 Å². The molecule has 1 atom stereocenters. The zero-order valence-electron chi connectivity index (χ0n) is 7.08. The van der Waals surface area contributed by atoms with E-state index in [1.165, 1.54) is 24.3 Å². The minimum Gasteiger partial charge on any atom is -0.388 e. The quantitative estimate of drug-likeness (QED) is 0.774. The predicted molar refractivity (Wildman–Crippen MR) is 48.7 cm³/mol. The highest BCUT2D eigenvalue weighted by Gasteiger charge is 2.28. The highest BCUT2D eigenvalue weighted by atomic mass is 32.2. The van der Waals surface area contributed by atoms with Gasteiger partial charge in [0, 0.05) is 4.90 Å².